The topological polar surface area (TPSA) is 33.5 Å². The molecule has 322 valence electrons. The van der Waals surface area contributed by atoms with Crippen LogP contribution in [0.5, 0.6) is 11.5 Å². The maximum absolute atomic E-state index is 7.20. The minimum Gasteiger partial charge on any atom is -0.457 e. The molecule has 5 nitrogen and oxygen atoms in total. The normalized spacial score (nSPS) is 13.3. The molecule has 0 amide bonds. The Morgan fingerprint density at radius 2 is 1.09 bits per heavy atom. The molecule has 65 heavy (non-hydrogen) atoms. The third kappa shape index (κ3) is 7.86. The van der Waals surface area contributed by atoms with Gasteiger partial charge in [-0.1, -0.05) is 164 Å². The number of nitrogens with zero attached hydrogens (tertiary/aromatic N) is 4. The highest BCUT2D eigenvalue weighted by molar-refractivity contribution is 6.10. The van der Waals surface area contributed by atoms with Gasteiger partial charge in [0.05, 0.1) is 17.7 Å². The lowest BCUT2D eigenvalue weighted by molar-refractivity contribution is 0.462. The molecular formula is C60H56N4O. The summed E-state index contributed by atoms with van der Waals surface area (Å²) in [6.07, 6.45) is 6.27. The zero-order valence-electron chi connectivity index (χ0n) is 38.5. The van der Waals surface area contributed by atoms with Crippen molar-refractivity contribution < 1.29 is 4.74 Å². The highest BCUT2D eigenvalue weighted by Crippen LogP contribution is 2.44. The van der Waals surface area contributed by atoms with Crippen LogP contribution >= 0.6 is 0 Å². The van der Waals surface area contributed by atoms with Crippen molar-refractivity contribution in [1.29, 1.82) is 0 Å². The first-order chi connectivity index (χ1) is 31.3. The van der Waals surface area contributed by atoms with Gasteiger partial charge in [-0.25, -0.2) is 4.98 Å². The quantitative estimate of drug-likeness (QED) is 0.137. The molecule has 7 aromatic carbocycles. The maximum atomic E-state index is 7.20. The van der Waals surface area contributed by atoms with E-state index in [0.717, 1.165) is 50.4 Å². The Kier molecular flexibility index (Phi) is 10.5. The molecule has 0 spiro atoms. The van der Waals surface area contributed by atoms with Crippen LogP contribution in [0.3, 0.4) is 0 Å². The molecule has 0 saturated heterocycles. The van der Waals surface area contributed by atoms with Crippen molar-refractivity contribution in [2.45, 2.75) is 64.7 Å². The van der Waals surface area contributed by atoms with Crippen LogP contribution in [0.4, 0.5) is 11.4 Å². The number of ether oxygens (including phenoxy) is 1. The first-order valence-electron chi connectivity index (χ1n) is 22.7. The van der Waals surface area contributed by atoms with Gasteiger partial charge in [-0.15, -0.1) is 0 Å². The molecule has 0 radical (unpaired) electrons. The van der Waals surface area contributed by atoms with Crippen LogP contribution < -0.4 is 14.5 Å². The van der Waals surface area contributed by atoms with Gasteiger partial charge >= 0.3 is 0 Å². The predicted octanol–water partition coefficient (Wildman–Crippen LogP) is 15.3. The largest absolute Gasteiger partial charge is 0.457 e. The van der Waals surface area contributed by atoms with E-state index in [4.69, 9.17) is 9.72 Å². The van der Waals surface area contributed by atoms with Gasteiger partial charge in [-0.3, -0.25) is 4.57 Å². The molecular weight excluding hydrogens is 793 g/mol. The summed E-state index contributed by atoms with van der Waals surface area (Å²) < 4.78 is 9.51. The fraction of sp³-hybridized carbons (Fsp3) is 0.183. The second kappa shape index (κ2) is 16.3. The van der Waals surface area contributed by atoms with Gasteiger partial charge in [0.2, 0.25) is 0 Å². The number of benzene rings is 7. The molecule has 10 rings (SSSR count). The van der Waals surface area contributed by atoms with Gasteiger partial charge < -0.3 is 14.5 Å². The van der Waals surface area contributed by atoms with Crippen molar-refractivity contribution in [2.75, 3.05) is 16.5 Å². The Labute approximate surface area is 383 Å². The lowest BCUT2D eigenvalue weighted by Gasteiger charge is -2.30. The van der Waals surface area contributed by atoms with Crippen molar-refractivity contribution >= 4 is 33.2 Å². The third-order valence-corrected chi connectivity index (χ3v) is 13.5. The standard InChI is InChI=1S/C60H56N4O/c1-58(2,3)44-24-26-48(27-25-44)62-35-36-63(41-62)49-28-31-53(60(6,7)46-21-15-10-16-22-46)56(39-49)65-50-29-30-51-52-37-43(42-17-11-8-12-18-42)23-32-54(52)64(55(51)40-50)57-38-47(33-34-61-57)59(4,5)45-19-13-9-14-20-45/h8-40H,41H2,1-7H3. The average molecular weight is 849 g/mol. The second-order valence-corrected chi connectivity index (χ2v) is 19.5. The lowest BCUT2D eigenvalue weighted by atomic mass is 9.77. The Morgan fingerprint density at radius 3 is 1.77 bits per heavy atom. The van der Waals surface area contributed by atoms with E-state index < -0.39 is 0 Å². The van der Waals surface area contributed by atoms with Crippen molar-refractivity contribution in [3.63, 3.8) is 0 Å². The zero-order chi connectivity index (χ0) is 44.9. The van der Waals surface area contributed by atoms with Crippen LogP contribution in [-0.4, -0.2) is 16.2 Å². The van der Waals surface area contributed by atoms with Crippen LogP contribution in [0.25, 0.3) is 38.8 Å². The molecule has 0 fully saturated rings. The summed E-state index contributed by atoms with van der Waals surface area (Å²) >= 11 is 0. The molecule has 3 heterocycles. The molecule has 2 aromatic heterocycles. The van der Waals surface area contributed by atoms with E-state index >= 15 is 0 Å². The molecule has 0 unspecified atom stereocenters. The molecule has 0 bridgehead atoms. The van der Waals surface area contributed by atoms with E-state index in [0.29, 0.717) is 6.67 Å². The Hall–Kier alpha value is -7.37. The van der Waals surface area contributed by atoms with Crippen LogP contribution in [0.2, 0.25) is 0 Å². The van der Waals surface area contributed by atoms with E-state index in [1.165, 1.54) is 39.1 Å². The summed E-state index contributed by atoms with van der Waals surface area (Å²) in [4.78, 5) is 9.64. The van der Waals surface area contributed by atoms with Gasteiger partial charge in [0.1, 0.15) is 17.3 Å². The number of hydrogen-bond acceptors (Lipinski definition) is 4. The van der Waals surface area contributed by atoms with Crippen molar-refractivity contribution in [3.05, 3.63) is 228 Å². The summed E-state index contributed by atoms with van der Waals surface area (Å²) in [6.45, 7) is 16.6. The van der Waals surface area contributed by atoms with E-state index in [1.54, 1.807) is 0 Å². The molecule has 9 aromatic rings. The molecule has 0 aliphatic carbocycles. The minimum absolute atomic E-state index is 0.103. The SMILES string of the molecule is CC(C)(C)c1ccc(N2C=CN(c3ccc(C(C)(C)c4ccccc4)c(Oc4ccc5c6cc(-c7ccccc7)ccc6n(-c6cc(C(C)(C)c7ccccc7)ccn6)c5c4)c3)C2)cc1. The van der Waals surface area contributed by atoms with Crippen molar-refractivity contribution in [2.24, 2.45) is 0 Å². The summed E-state index contributed by atoms with van der Waals surface area (Å²) in [5.41, 5.74) is 12.3. The lowest BCUT2D eigenvalue weighted by Crippen LogP contribution is -2.25. The van der Waals surface area contributed by atoms with Crippen molar-refractivity contribution in [3.8, 4) is 28.4 Å². The Morgan fingerprint density at radius 1 is 0.462 bits per heavy atom. The summed E-state index contributed by atoms with van der Waals surface area (Å²) in [5, 5.41) is 2.30. The summed E-state index contributed by atoms with van der Waals surface area (Å²) in [5.74, 6) is 2.43. The highest BCUT2D eigenvalue weighted by Gasteiger charge is 2.29. The summed E-state index contributed by atoms with van der Waals surface area (Å²) in [7, 11) is 0. The molecule has 0 saturated carbocycles. The molecule has 0 atom stereocenters. The Balaban J connectivity index is 1.08. The predicted molar refractivity (Wildman–Crippen MR) is 272 cm³/mol. The summed E-state index contributed by atoms with van der Waals surface area (Å²) in [6, 6.07) is 65.4. The van der Waals surface area contributed by atoms with Crippen molar-refractivity contribution in [1.82, 2.24) is 9.55 Å². The van der Waals surface area contributed by atoms with E-state index in [9.17, 15) is 0 Å². The number of fused-ring (bicyclic) bond motifs is 3. The number of anilines is 2. The third-order valence-electron chi connectivity index (χ3n) is 13.5. The molecule has 0 N–H and O–H groups in total. The van der Waals surface area contributed by atoms with Gasteiger partial charge in [-0.2, -0.15) is 0 Å². The van der Waals surface area contributed by atoms with Gasteiger partial charge in [0.25, 0.3) is 0 Å². The van der Waals surface area contributed by atoms with Gasteiger partial charge in [0, 0.05) is 69.3 Å². The number of pyridine rings is 1. The van der Waals surface area contributed by atoms with Gasteiger partial charge in [-0.05, 0) is 93.4 Å². The van der Waals surface area contributed by atoms with Crippen LogP contribution in [-0.2, 0) is 16.2 Å². The highest BCUT2D eigenvalue weighted by atomic mass is 16.5. The number of hydrogen-bond donors (Lipinski definition) is 0. The molecule has 1 aliphatic rings. The van der Waals surface area contributed by atoms with E-state index in [1.807, 2.05) is 6.20 Å². The number of rotatable bonds is 10. The zero-order valence-corrected chi connectivity index (χ0v) is 38.5. The fourth-order valence-corrected chi connectivity index (χ4v) is 9.41. The van der Waals surface area contributed by atoms with E-state index in [-0.39, 0.29) is 16.2 Å². The van der Waals surface area contributed by atoms with Crippen LogP contribution in [0.15, 0.2) is 201 Å². The fourth-order valence-electron chi connectivity index (χ4n) is 9.41. The monoisotopic (exact) mass is 848 g/mol. The average Bonchev–Trinajstić information content (AvgIpc) is 3.95. The Bertz CT molecular complexity index is 3180. The van der Waals surface area contributed by atoms with Gasteiger partial charge in [0.15, 0.2) is 0 Å². The van der Waals surface area contributed by atoms with Crippen LogP contribution in [0.1, 0.15) is 76.3 Å². The van der Waals surface area contributed by atoms with E-state index in [2.05, 4.69) is 257 Å². The first kappa shape index (κ1) is 41.6. The van der Waals surface area contributed by atoms with Crippen LogP contribution in [0, 0.1) is 0 Å². The second-order valence-electron chi connectivity index (χ2n) is 19.5. The minimum atomic E-state index is -0.348. The smallest absolute Gasteiger partial charge is 0.137 e. The number of aromatic nitrogens is 2. The molecule has 5 heteroatoms. The maximum Gasteiger partial charge on any atom is 0.137 e. The molecule has 1 aliphatic heterocycles. The first-order valence-corrected chi connectivity index (χ1v) is 22.7.